The molecule has 1 N–H and O–H groups in total. The van der Waals surface area contributed by atoms with Gasteiger partial charge in [0.05, 0.1) is 5.01 Å². The second kappa shape index (κ2) is 7.69. The summed E-state index contributed by atoms with van der Waals surface area (Å²) in [7, 11) is 2.11. The standard InChI is InChI=1S/C17H24N2OS/c1-13(2)17-18-11-15(21-17)12-19(3)16(9-10-20)14-7-5-4-6-8-14/h4-8,11,13,16,20H,9-10,12H2,1-3H3. The Morgan fingerprint density at radius 2 is 1.95 bits per heavy atom. The lowest BCUT2D eigenvalue weighted by atomic mass is 10.0. The zero-order chi connectivity index (χ0) is 15.2. The normalized spacial score (nSPS) is 13.0. The third-order valence-electron chi connectivity index (χ3n) is 3.59. The zero-order valence-electron chi connectivity index (χ0n) is 13.0. The molecular formula is C17H24N2OS. The van der Waals surface area contributed by atoms with Crippen LogP contribution in [-0.4, -0.2) is 28.6 Å². The van der Waals surface area contributed by atoms with Crippen LogP contribution in [0.1, 0.15) is 47.7 Å². The molecule has 0 fully saturated rings. The van der Waals surface area contributed by atoms with E-state index in [0.717, 1.165) is 13.0 Å². The Balaban J connectivity index is 2.09. The Bertz CT molecular complexity index is 539. The van der Waals surface area contributed by atoms with Crippen molar-refractivity contribution in [3.63, 3.8) is 0 Å². The molecule has 0 aliphatic heterocycles. The number of hydrogen-bond donors (Lipinski definition) is 1. The van der Waals surface area contributed by atoms with Gasteiger partial charge in [0, 0.05) is 36.2 Å². The van der Waals surface area contributed by atoms with E-state index in [4.69, 9.17) is 0 Å². The minimum Gasteiger partial charge on any atom is -0.396 e. The van der Waals surface area contributed by atoms with Gasteiger partial charge in [-0.1, -0.05) is 44.2 Å². The number of aliphatic hydroxyl groups is 1. The lowest BCUT2D eigenvalue weighted by Gasteiger charge is -2.27. The van der Waals surface area contributed by atoms with Gasteiger partial charge in [0.2, 0.25) is 0 Å². The van der Waals surface area contributed by atoms with Crippen LogP contribution in [0.15, 0.2) is 36.5 Å². The first kappa shape index (κ1) is 16.1. The molecule has 1 unspecified atom stereocenters. The van der Waals surface area contributed by atoms with Gasteiger partial charge in [0.25, 0.3) is 0 Å². The second-order valence-electron chi connectivity index (χ2n) is 5.67. The molecule has 0 aliphatic rings. The van der Waals surface area contributed by atoms with Crippen molar-refractivity contribution < 1.29 is 5.11 Å². The Morgan fingerprint density at radius 1 is 1.24 bits per heavy atom. The fourth-order valence-electron chi connectivity index (χ4n) is 2.46. The van der Waals surface area contributed by atoms with Gasteiger partial charge in [-0.2, -0.15) is 0 Å². The van der Waals surface area contributed by atoms with E-state index in [2.05, 4.69) is 55.0 Å². The predicted molar refractivity (Wildman–Crippen MR) is 88.6 cm³/mol. The van der Waals surface area contributed by atoms with Crippen LogP contribution < -0.4 is 0 Å². The molecule has 1 heterocycles. The van der Waals surface area contributed by atoms with Crippen LogP contribution in [0.5, 0.6) is 0 Å². The molecule has 0 aliphatic carbocycles. The summed E-state index contributed by atoms with van der Waals surface area (Å²) in [6.45, 7) is 5.41. The Kier molecular flexibility index (Phi) is 5.91. The van der Waals surface area contributed by atoms with Gasteiger partial charge in [-0.25, -0.2) is 4.98 Å². The largest absolute Gasteiger partial charge is 0.396 e. The lowest BCUT2D eigenvalue weighted by Crippen LogP contribution is -2.24. The molecule has 1 aromatic carbocycles. The maximum Gasteiger partial charge on any atom is 0.0953 e. The molecule has 114 valence electrons. The Hall–Kier alpha value is -1.23. The van der Waals surface area contributed by atoms with Gasteiger partial charge in [-0.05, 0) is 19.0 Å². The molecule has 0 radical (unpaired) electrons. The van der Waals surface area contributed by atoms with E-state index in [-0.39, 0.29) is 12.6 Å². The fourth-order valence-corrected chi connectivity index (χ4v) is 3.44. The molecule has 0 saturated heterocycles. The molecule has 4 heteroatoms. The SMILES string of the molecule is CC(C)c1ncc(CN(C)C(CCO)c2ccccc2)s1. The van der Waals surface area contributed by atoms with E-state index < -0.39 is 0 Å². The average molecular weight is 304 g/mol. The van der Waals surface area contributed by atoms with Gasteiger partial charge < -0.3 is 5.11 Å². The summed E-state index contributed by atoms with van der Waals surface area (Å²) in [6.07, 6.45) is 2.73. The average Bonchev–Trinajstić information content (AvgIpc) is 2.94. The maximum absolute atomic E-state index is 9.35. The summed E-state index contributed by atoms with van der Waals surface area (Å²) in [5, 5.41) is 10.5. The van der Waals surface area contributed by atoms with Crippen molar-refractivity contribution in [1.29, 1.82) is 0 Å². The molecule has 1 atom stereocenters. The Labute approximate surface area is 131 Å². The van der Waals surface area contributed by atoms with Crippen molar-refractivity contribution in [1.82, 2.24) is 9.88 Å². The number of hydrogen-bond acceptors (Lipinski definition) is 4. The summed E-state index contributed by atoms with van der Waals surface area (Å²) in [5.41, 5.74) is 1.25. The van der Waals surface area contributed by atoms with E-state index in [1.807, 2.05) is 12.3 Å². The summed E-state index contributed by atoms with van der Waals surface area (Å²) >= 11 is 1.78. The maximum atomic E-state index is 9.35. The smallest absolute Gasteiger partial charge is 0.0953 e. The van der Waals surface area contributed by atoms with Crippen molar-refractivity contribution in [3.05, 3.63) is 52.0 Å². The predicted octanol–water partition coefficient (Wildman–Crippen LogP) is 3.82. The summed E-state index contributed by atoms with van der Waals surface area (Å²) in [5.74, 6) is 0.483. The number of thiazole rings is 1. The number of benzene rings is 1. The molecule has 0 spiro atoms. The zero-order valence-corrected chi connectivity index (χ0v) is 13.8. The minimum absolute atomic E-state index is 0.198. The van der Waals surface area contributed by atoms with Gasteiger partial charge in [0.1, 0.15) is 0 Å². The van der Waals surface area contributed by atoms with Crippen molar-refractivity contribution in [2.75, 3.05) is 13.7 Å². The molecule has 0 saturated carbocycles. The quantitative estimate of drug-likeness (QED) is 0.844. The van der Waals surface area contributed by atoms with Crippen LogP contribution >= 0.6 is 11.3 Å². The molecular weight excluding hydrogens is 280 g/mol. The molecule has 3 nitrogen and oxygen atoms in total. The van der Waals surface area contributed by atoms with Gasteiger partial charge in [0.15, 0.2) is 0 Å². The van der Waals surface area contributed by atoms with Crippen molar-refractivity contribution in [2.24, 2.45) is 0 Å². The van der Waals surface area contributed by atoms with E-state index in [1.54, 1.807) is 11.3 Å². The summed E-state index contributed by atoms with van der Waals surface area (Å²) in [4.78, 5) is 8.06. The summed E-state index contributed by atoms with van der Waals surface area (Å²) in [6, 6.07) is 10.6. The number of aromatic nitrogens is 1. The van der Waals surface area contributed by atoms with E-state index in [9.17, 15) is 5.11 Å². The van der Waals surface area contributed by atoms with Gasteiger partial charge in [-0.15, -0.1) is 11.3 Å². The van der Waals surface area contributed by atoms with E-state index >= 15 is 0 Å². The van der Waals surface area contributed by atoms with Gasteiger partial charge >= 0.3 is 0 Å². The molecule has 21 heavy (non-hydrogen) atoms. The van der Waals surface area contributed by atoms with Crippen LogP contribution in [-0.2, 0) is 6.54 Å². The third-order valence-corrected chi connectivity index (χ3v) is 4.87. The summed E-state index contributed by atoms with van der Waals surface area (Å²) < 4.78 is 0. The highest BCUT2D eigenvalue weighted by Crippen LogP contribution is 2.27. The van der Waals surface area contributed by atoms with E-state index in [1.165, 1.54) is 15.4 Å². The Morgan fingerprint density at radius 3 is 2.52 bits per heavy atom. The van der Waals surface area contributed by atoms with Crippen LogP contribution in [0.2, 0.25) is 0 Å². The van der Waals surface area contributed by atoms with Crippen molar-refractivity contribution in [2.45, 2.75) is 38.8 Å². The second-order valence-corrected chi connectivity index (χ2v) is 6.82. The molecule has 2 rings (SSSR count). The van der Waals surface area contributed by atoms with Crippen LogP contribution in [0, 0.1) is 0 Å². The fraction of sp³-hybridized carbons (Fsp3) is 0.471. The monoisotopic (exact) mass is 304 g/mol. The molecule has 0 amide bonds. The third kappa shape index (κ3) is 4.37. The molecule has 1 aromatic heterocycles. The van der Waals surface area contributed by atoms with Crippen LogP contribution in [0.3, 0.4) is 0 Å². The molecule has 0 bridgehead atoms. The van der Waals surface area contributed by atoms with E-state index in [0.29, 0.717) is 5.92 Å². The minimum atomic E-state index is 0.198. The topological polar surface area (TPSA) is 36.4 Å². The molecule has 2 aromatic rings. The highest BCUT2D eigenvalue weighted by Gasteiger charge is 2.17. The first-order valence-corrected chi connectivity index (χ1v) is 8.24. The number of rotatable bonds is 7. The van der Waals surface area contributed by atoms with Crippen molar-refractivity contribution in [3.8, 4) is 0 Å². The first-order chi connectivity index (χ1) is 10.1. The number of nitrogens with zero attached hydrogens (tertiary/aromatic N) is 2. The lowest BCUT2D eigenvalue weighted by molar-refractivity contribution is 0.181. The highest BCUT2D eigenvalue weighted by molar-refractivity contribution is 7.11. The van der Waals surface area contributed by atoms with Crippen LogP contribution in [0.4, 0.5) is 0 Å². The van der Waals surface area contributed by atoms with Crippen molar-refractivity contribution >= 4 is 11.3 Å². The first-order valence-electron chi connectivity index (χ1n) is 7.42. The highest BCUT2D eigenvalue weighted by atomic mass is 32.1. The van der Waals surface area contributed by atoms with Crippen LogP contribution in [0.25, 0.3) is 0 Å². The van der Waals surface area contributed by atoms with Gasteiger partial charge in [-0.3, -0.25) is 4.90 Å². The number of aliphatic hydroxyl groups excluding tert-OH is 1.